The van der Waals surface area contributed by atoms with E-state index >= 15 is 0 Å². The summed E-state index contributed by atoms with van der Waals surface area (Å²) >= 11 is -2.06. The molecule has 3 rings (SSSR count). The van der Waals surface area contributed by atoms with Crippen LogP contribution in [-0.4, -0.2) is 21.8 Å². The molecule has 0 atom stereocenters. The molecule has 0 unspecified atom stereocenters. The number of benzene rings is 3. The molecule has 1 heteroatoms. The van der Waals surface area contributed by atoms with Gasteiger partial charge in [-0.05, 0) is 0 Å². The Morgan fingerprint density at radius 3 is 0.947 bits per heavy atom. The van der Waals surface area contributed by atoms with Gasteiger partial charge in [-0.2, -0.15) is 0 Å². The first-order valence-electron chi connectivity index (χ1n) is 6.40. The Labute approximate surface area is 126 Å². The standard InChI is InChI=1S/3C6H5.Bi.3H/c3*1-2-4-6-5-3-1;;;;/h3*1-5H;;;;/q;;;;3*-1. The van der Waals surface area contributed by atoms with Crippen molar-refractivity contribution in [3.05, 3.63) is 91.0 Å². The van der Waals surface area contributed by atoms with Gasteiger partial charge in [0.25, 0.3) is 0 Å². The van der Waals surface area contributed by atoms with Gasteiger partial charge in [0.1, 0.15) is 0 Å². The fourth-order valence-corrected chi connectivity index (χ4v) is 11.1. The second-order valence-electron chi connectivity index (χ2n) is 4.34. The molecule has 0 amide bonds. The van der Waals surface area contributed by atoms with Crippen LogP contribution in [0.2, 0.25) is 0 Å². The molecule has 0 aliphatic rings. The second-order valence-corrected chi connectivity index (χ2v) is 13.0. The number of rotatable bonds is 3. The van der Waals surface area contributed by atoms with E-state index in [1.165, 1.54) is 9.81 Å². The van der Waals surface area contributed by atoms with Gasteiger partial charge in [-0.15, -0.1) is 0 Å². The van der Waals surface area contributed by atoms with Gasteiger partial charge < -0.3 is 4.28 Å². The van der Waals surface area contributed by atoms with Crippen molar-refractivity contribution in [2.24, 2.45) is 0 Å². The molecule has 0 spiro atoms. The summed E-state index contributed by atoms with van der Waals surface area (Å²) in [5.74, 6) is 0. The van der Waals surface area contributed by atoms with Crippen molar-refractivity contribution in [2.75, 3.05) is 0 Å². The van der Waals surface area contributed by atoms with Gasteiger partial charge in [0, 0.05) is 0 Å². The molecule has 0 aliphatic heterocycles. The normalized spacial score (nSPS) is 10.6. The fraction of sp³-hybridized carbons (Fsp3) is 0. The van der Waals surface area contributed by atoms with Crippen molar-refractivity contribution in [3.63, 3.8) is 0 Å². The zero-order valence-corrected chi connectivity index (χ0v) is 14.1. The zero-order valence-electron chi connectivity index (χ0n) is 13.6. The van der Waals surface area contributed by atoms with Crippen molar-refractivity contribution in [2.45, 2.75) is 0 Å². The van der Waals surface area contributed by atoms with Crippen molar-refractivity contribution >= 4 is 31.6 Å². The summed E-state index contributed by atoms with van der Waals surface area (Å²) in [4.78, 5) is 0. The molecular formula is C18H18Bi-3. The Balaban J connectivity index is 0.00000147. The molecule has 0 nitrogen and oxygen atoms in total. The van der Waals surface area contributed by atoms with E-state index in [1.807, 2.05) is 0 Å². The van der Waals surface area contributed by atoms with Crippen LogP contribution in [-0.2, 0) is 0 Å². The minimum atomic E-state index is -2.06. The summed E-state index contributed by atoms with van der Waals surface area (Å²) in [5, 5.41) is 0. The maximum absolute atomic E-state index is 2.29. The summed E-state index contributed by atoms with van der Waals surface area (Å²) in [6, 6.07) is 33.0. The van der Waals surface area contributed by atoms with Gasteiger partial charge in [-0.1, -0.05) is 0 Å². The van der Waals surface area contributed by atoms with E-state index in [4.69, 9.17) is 0 Å². The molecule has 98 valence electrons. The van der Waals surface area contributed by atoms with Crippen LogP contribution in [0.25, 0.3) is 0 Å². The number of hydrogen-bond acceptors (Lipinski definition) is 0. The van der Waals surface area contributed by atoms with Gasteiger partial charge in [0.05, 0.1) is 0 Å². The molecule has 0 aliphatic carbocycles. The van der Waals surface area contributed by atoms with Crippen LogP contribution in [0.3, 0.4) is 0 Å². The van der Waals surface area contributed by atoms with Crippen molar-refractivity contribution in [1.82, 2.24) is 0 Å². The number of hydrogen-bond donors (Lipinski definition) is 0. The van der Waals surface area contributed by atoms with E-state index in [0.717, 1.165) is 0 Å². The Hall–Kier alpha value is -1.46. The van der Waals surface area contributed by atoms with Gasteiger partial charge in [0.15, 0.2) is 0 Å². The first-order valence-corrected chi connectivity index (χ1v) is 11.6. The third-order valence-electron chi connectivity index (χ3n) is 3.04. The summed E-state index contributed by atoms with van der Waals surface area (Å²) in [7, 11) is 0. The average Bonchev–Trinajstić information content (AvgIpc) is 2.51. The molecule has 3 aromatic rings. The molecule has 0 heterocycles. The van der Waals surface area contributed by atoms with E-state index in [0.29, 0.717) is 0 Å². The second kappa shape index (κ2) is 6.13. The minimum absolute atomic E-state index is 0. The third kappa shape index (κ3) is 2.93. The molecule has 19 heavy (non-hydrogen) atoms. The SMILES string of the molecule is [H-].[H-].[H-].c1cc[c]([Bi]([c]2ccccc2)[c]2ccccc2)cc1. The van der Waals surface area contributed by atoms with Crippen LogP contribution < -0.4 is 9.81 Å². The summed E-state index contributed by atoms with van der Waals surface area (Å²) in [5.41, 5.74) is 0. The van der Waals surface area contributed by atoms with Crippen LogP contribution in [0.5, 0.6) is 0 Å². The Morgan fingerprint density at radius 2 is 0.684 bits per heavy atom. The Kier molecular flexibility index (Phi) is 4.05. The molecule has 0 saturated carbocycles. The molecule has 0 aromatic heterocycles. The average molecular weight is 443 g/mol. The van der Waals surface area contributed by atoms with E-state index in [9.17, 15) is 0 Å². The van der Waals surface area contributed by atoms with Gasteiger partial charge in [-0.25, -0.2) is 0 Å². The summed E-state index contributed by atoms with van der Waals surface area (Å²) < 4.78 is 4.61. The summed E-state index contributed by atoms with van der Waals surface area (Å²) in [6.45, 7) is 0. The Bertz CT molecular complexity index is 536. The van der Waals surface area contributed by atoms with Gasteiger partial charge in [-0.3, -0.25) is 0 Å². The maximum atomic E-state index is 2.29. The van der Waals surface area contributed by atoms with Gasteiger partial charge in [0.2, 0.25) is 0 Å². The molecule has 0 N–H and O–H groups in total. The molecule has 3 aromatic carbocycles. The first kappa shape index (κ1) is 12.6. The molecule has 0 radical (unpaired) electrons. The fourth-order valence-electron chi connectivity index (χ4n) is 2.18. The van der Waals surface area contributed by atoms with Crippen molar-refractivity contribution < 1.29 is 4.28 Å². The predicted octanol–water partition coefficient (Wildman–Crippen LogP) is 2.54. The van der Waals surface area contributed by atoms with Crippen molar-refractivity contribution in [1.29, 1.82) is 0 Å². The van der Waals surface area contributed by atoms with E-state index in [2.05, 4.69) is 91.0 Å². The van der Waals surface area contributed by atoms with E-state index < -0.39 is 21.8 Å². The Morgan fingerprint density at radius 1 is 0.421 bits per heavy atom. The monoisotopic (exact) mass is 443 g/mol. The quantitative estimate of drug-likeness (QED) is 0.546. The molecular weight excluding hydrogens is 425 g/mol. The summed E-state index contributed by atoms with van der Waals surface area (Å²) in [6.07, 6.45) is 0. The molecule has 0 fully saturated rings. The van der Waals surface area contributed by atoms with Gasteiger partial charge >= 0.3 is 123 Å². The molecule has 0 saturated heterocycles. The predicted molar refractivity (Wildman–Crippen MR) is 87.3 cm³/mol. The van der Waals surface area contributed by atoms with E-state index in [-0.39, 0.29) is 4.28 Å². The van der Waals surface area contributed by atoms with Crippen LogP contribution in [0.4, 0.5) is 0 Å². The van der Waals surface area contributed by atoms with Crippen LogP contribution >= 0.6 is 0 Å². The van der Waals surface area contributed by atoms with Crippen molar-refractivity contribution in [3.8, 4) is 0 Å². The molecule has 0 bridgehead atoms. The van der Waals surface area contributed by atoms with Crippen LogP contribution in [0, 0.1) is 0 Å². The topological polar surface area (TPSA) is 0 Å². The van der Waals surface area contributed by atoms with E-state index in [1.54, 1.807) is 0 Å². The van der Waals surface area contributed by atoms with Crippen LogP contribution in [0.1, 0.15) is 4.28 Å². The zero-order chi connectivity index (χ0) is 12.9. The first-order chi connectivity index (χ1) is 9.45. The third-order valence-corrected chi connectivity index (χ3v) is 12.5. The van der Waals surface area contributed by atoms with Crippen LogP contribution in [0.15, 0.2) is 91.0 Å².